The van der Waals surface area contributed by atoms with Crippen molar-refractivity contribution in [2.45, 2.75) is 25.9 Å². The van der Waals surface area contributed by atoms with Gasteiger partial charge in [0.1, 0.15) is 11.6 Å². The zero-order valence-corrected chi connectivity index (χ0v) is 14.6. The Bertz CT molecular complexity index is 942. The zero-order chi connectivity index (χ0) is 18.6. The number of amides is 1. The third-order valence-corrected chi connectivity index (χ3v) is 4.24. The smallest absolute Gasteiger partial charge is 0.328 e. The second-order valence-corrected chi connectivity index (χ2v) is 6.03. The van der Waals surface area contributed by atoms with E-state index in [4.69, 9.17) is 16.9 Å². The van der Waals surface area contributed by atoms with Crippen LogP contribution in [0, 0.1) is 11.3 Å². The van der Waals surface area contributed by atoms with Gasteiger partial charge in [-0.1, -0.05) is 23.7 Å². The largest absolute Gasteiger partial charge is 0.339 e. The Morgan fingerprint density at radius 3 is 2.80 bits per heavy atom. The van der Waals surface area contributed by atoms with Crippen LogP contribution in [0.15, 0.2) is 40.1 Å². The van der Waals surface area contributed by atoms with E-state index in [2.05, 4.69) is 4.98 Å². The molecule has 0 aliphatic heterocycles. The lowest BCUT2D eigenvalue weighted by Crippen LogP contribution is -2.34. The average Bonchev–Trinajstić information content (AvgIpc) is 2.59. The van der Waals surface area contributed by atoms with Crippen molar-refractivity contribution in [2.75, 3.05) is 7.05 Å². The molecule has 0 bridgehead atoms. The number of nitrogens with zero attached hydrogens (tertiary/aromatic N) is 3. The summed E-state index contributed by atoms with van der Waals surface area (Å²) in [5.41, 5.74) is -0.659. The molecular weight excluding hydrogens is 344 g/mol. The van der Waals surface area contributed by atoms with Crippen LogP contribution in [0.2, 0.25) is 5.02 Å². The number of hydrogen-bond acceptors (Lipinski definition) is 4. The minimum Gasteiger partial charge on any atom is -0.339 e. The van der Waals surface area contributed by atoms with Crippen molar-refractivity contribution in [1.82, 2.24) is 14.5 Å². The third kappa shape index (κ3) is 4.37. The summed E-state index contributed by atoms with van der Waals surface area (Å²) in [5.74, 6) is -0.177. The van der Waals surface area contributed by atoms with Crippen molar-refractivity contribution < 1.29 is 4.79 Å². The van der Waals surface area contributed by atoms with Gasteiger partial charge in [0, 0.05) is 31.2 Å². The number of carbonyl (C=O) groups is 1. The van der Waals surface area contributed by atoms with E-state index in [1.807, 2.05) is 19.1 Å². The van der Waals surface area contributed by atoms with E-state index >= 15 is 0 Å². The summed E-state index contributed by atoms with van der Waals surface area (Å²) in [5, 5.41) is 9.44. The summed E-state index contributed by atoms with van der Waals surface area (Å²) in [7, 11) is 1.67. The van der Waals surface area contributed by atoms with Gasteiger partial charge in [0.25, 0.3) is 5.56 Å². The first-order valence-electron chi connectivity index (χ1n) is 7.58. The third-order valence-electron chi connectivity index (χ3n) is 4.00. The van der Waals surface area contributed by atoms with Crippen molar-refractivity contribution in [1.29, 1.82) is 5.26 Å². The topological polar surface area (TPSA) is 99.0 Å². The molecule has 0 spiro atoms. The highest BCUT2D eigenvalue weighted by atomic mass is 35.5. The molecule has 2 rings (SSSR count). The fourth-order valence-corrected chi connectivity index (χ4v) is 2.55. The van der Waals surface area contributed by atoms with Gasteiger partial charge in [-0.05, 0) is 24.6 Å². The molecule has 0 saturated heterocycles. The van der Waals surface area contributed by atoms with Crippen LogP contribution in [0.3, 0.4) is 0 Å². The van der Waals surface area contributed by atoms with Crippen molar-refractivity contribution in [2.24, 2.45) is 0 Å². The lowest BCUT2D eigenvalue weighted by atomic mass is 10.1. The van der Waals surface area contributed by atoms with Crippen LogP contribution >= 0.6 is 11.6 Å². The van der Waals surface area contributed by atoms with Crippen molar-refractivity contribution in [3.8, 4) is 6.07 Å². The average molecular weight is 361 g/mol. The minimum absolute atomic E-state index is 0.0538. The van der Waals surface area contributed by atoms with Gasteiger partial charge in [-0.25, -0.2) is 4.79 Å². The van der Waals surface area contributed by atoms with E-state index in [1.165, 1.54) is 0 Å². The van der Waals surface area contributed by atoms with Gasteiger partial charge in [0.15, 0.2) is 0 Å². The lowest BCUT2D eigenvalue weighted by Gasteiger charge is -2.25. The molecule has 0 fully saturated rings. The van der Waals surface area contributed by atoms with E-state index in [9.17, 15) is 14.4 Å². The van der Waals surface area contributed by atoms with Crippen LogP contribution in [0.4, 0.5) is 0 Å². The maximum Gasteiger partial charge on any atom is 0.328 e. The summed E-state index contributed by atoms with van der Waals surface area (Å²) in [6.07, 6.45) is 1.22. The predicted octanol–water partition coefficient (Wildman–Crippen LogP) is 1.67. The summed E-state index contributed by atoms with van der Waals surface area (Å²) >= 11 is 5.98. The molecule has 7 nitrogen and oxygen atoms in total. The number of carbonyl (C=O) groups excluding carboxylic acids is 1. The number of benzene rings is 1. The molecule has 130 valence electrons. The lowest BCUT2D eigenvalue weighted by molar-refractivity contribution is -0.132. The van der Waals surface area contributed by atoms with Crippen LogP contribution in [-0.2, 0) is 11.3 Å². The van der Waals surface area contributed by atoms with Crippen LogP contribution in [-0.4, -0.2) is 27.4 Å². The Labute approximate surface area is 149 Å². The summed E-state index contributed by atoms with van der Waals surface area (Å²) in [6, 6.07) is 8.77. The molecule has 25 heavy (non-hydrogen) atoms. The van der Waals surface area contributed by atoms with Crippen LogP contribution < -0.4 is 11.2 Å². The van der Waals surface area contributed by atoms with Gasteiger partial charge in [-0.15, -0.1) is 0 Å². The van der Waals surface area contributed by atoms with E-state index in [0.29, 0.717) is 5.02 Å². The number of rotatable bonds is 5. The van der Waals surface area contributed by atoms with Gasteiger partial charge >= 0.3 is 5.69 Å². The quantitative estimate of drug-likeness (QED) is 0.876. The first kappa shape index (κ1) is 18.5. The Balaban J connectivity index is 2.09. The number of aromatic nitrogens is 2. The van der Waals surface area contributed by atoms with Gasteiger partial charge in [0.05, 0.1) is 6.04 Å². The molecule has 0 saturated carbocycles. The molecule has 0 radical (unpaired) electrons. The molecule has 1 atom stereocenters. The normalized spacial score (nSPS) is 11.6. The monoisotopic (exact) mass is 360 g/mol. The minimum atomic E-state index is -0.734. The van der Waals surface area contributed by atoms with Crippen molar-refractivity contribution in [3.63, 3.8) is 0 Å². The van der Waals surface area contributed by atoms with Gasteiger partial charge < -0.3 is 4.90 Å². The number of hydrogen-bond donors (Lipinski definition) is 1. The SMILES string of the molecule is CC(c1cccc(Cl)c1)N(C)C(=O)CCn1cc(C#N)c(=O)[nH]c1=O. The van der Waals surface area contributed by atoms with Crippen LogP contribution in [0.5, 0.6) is 0 Å². The second-order valence-electron chi connectivity index (χ2n) is 5.59. The highest BCUT2D eigenvalue weighted by molar-refractivity contribution is 6.30. The van der Waals surface area contributed by atoms with Crippen LogP contribution in [0.1, 0.15) is 30.5 Å². The standard InChI is InChI=1S/C17H17ClN4O3/c1-11(12-4-3-5-14(18)8-12)21(2)15(23)6-7-22-10-13(9-19)16(24)20-17(22)25/h3-5,8,10-11H,6-7H2,1-2H3,(H,20,24,25). The highest BCUT2D eigenvalue weighted by Gasteiger charge is 2.18. The maximum atomic E-state index is 12.4. The first-order chi connectivity index (χ1) is 11.8. The Hall–Kier alpha value is -2.85. The molecular formula is C17H17ClN4O3. The molecule has 0 aliphatic carbocycles. The number of halogens is 1. The number of aromatic amines is 1. The molecule has 1 aromatic heterocycles. The summed E-state index contributed by atoms with van der Waals surface area (Å²) < 4.78 is 1.15. The van der Waals surface area contributed by atoms with Crippen molar-refractivity contribution >= 4 is 17.5 Å². The molecule has 1 amide bonds. The van der Waals surface area contributed by atoms with E-state index < -0.39 is 11.2 Å². The van der Waals surface area contributed by atoms with Gasteiger partial charge in [0.2, 0.25) is 5.91 Å². The van der Waals surface area contributed by atoms with Crippen molar-refractivity contribution in [3.05, 3.63) is 67.4 Å². The first-order valence-corrected chi connectivity index (χ1v) is 7.96. The van der Waals surface area contributed by atoms with Gasteiger partial charge in [-0.2, -0.15) is 5.26 Å². The molecule has 1 heterocycles. The van der Waals surface area contributed by atoms with E-state index in [0.717, 1.165) is 16.3 Å². The number of nitrogens with one attached hydrogen (secondary N) is 1. The Morgan fingerprint density at radius 1 is 1.44 bits per heavy atom. The fourth-order valence-electron chi connectivity index (χ4n) is 2.35. The highest BCUT2D eigenvalue weighted by Crippen LogP contribution is 2.22. The van der Waals surface area contributed by atoms with E-state index in [-0.39, 0.29) is 30.5 Å². The zero-order valence-electron chi connectivity index (χ0n) is 13.8. The summed E-state index contributed by atoms with van der Waals surface area (Å²) in [6.45, 7) is 1.94. The number of nitriles is 1. The fraction of sp³-hybridized carbons (Fsp3) is 0.294. The molecule has 1 aromatic carbocycles. The predicted molar refractivity (Wildman–Crippen MR) is 93.3 cm³/mol. The van der Waals surface area contributed by atoms with Gasteiger partial charge in [-0.3, -0.25) is 19.1 Å². The molecule has 0 aliphatic rings. The molecule has 1 unspecified atom stereocenters. The Kier molecular flexibility index (Phi) is 5.78. The second kappa shape index (κ2) is 7.81. The molecule has 2 aromatic rings. The maximum absolute atomic E-state index is 12.4. The molecule has 8 heteroatoms. The van der Waals surface area contributed by atoms with Crippen LogP contribution in [0.25, 0.3) is 0 Å². The Morgan fingerprint density at radius 2 is 2.16 bits per heavy atom. The summed E-state index contributed by atoms with van der Waals surface area (Å²) in [4.78, 5) is 39.1. The molecule has 1 N–H and O–H groups in total. The number of H-pyrrole nitrogens is 1. The van der Waals surface area contributed by atoms with E-state index in [1.54, 1.807) is 30.1 Å². The number of aryl methyl sites for hydroxylation is 1.